The van der Waals surface area contributed by atoms with Crippen molar-refractivity contribution in [3.8, 4) is 16.9 Å². The summed E-state index contributed by atoms with van der Waals surface area (Å²) in [5.41, 5.74) is 3.10. The van der Waals surface area contributed by atoms with Crippen LogP contribution in [-0.4, -0.2) is 89.1 Å². The maximum atomic E-state index is 12.8. The molecule has 1 aromatic carbocycles. The zero-order valence-electron chi connectivity index (χ0n) is 25.5. The third-order valence-corrected chi connectivity index (χ3v) is 9.45. The molecule has 0 unspecified atom stereocenters. The predicted octanol–water partition coefficient (Wildman–Crippen LogP) is 4.60. The van der Waals surface area contributed by atoms with Gasteiger partial charge in [0.2, 0.25) is 5.95 Å². The van der Waals surface area contributed by atoms with Gasteiger partial charge in [-0.2, -0.15) is 5.10 Å². The number of ketones is 1. The SMILES string of the molecule is CCC(=O)c1nn(C2CC3(C2)CN(C2CCOCC2)C3)cc1Nc1ncc(-c2ccc(Cl)c(O[C@@H](C)Cn3cnnn3)c2)cn1. The van der Waals surface area contributed by atoms with Crippen LogP contribution in [0, 0.1) is 5.41 Å². The van der Waals surface area contributed by atoms with Crippen LogP contribution in [0.5, 0.6) is 5.75 Å². The fourth-order valence-electron chi connectivity index (χ4n) is 6.77. The van der Waals surface area contributed by atoms with Crippen LogP contribution in [0.15, 0.2) is 43.1 Å². The molecule has 4 aromatic rings. The van der Waals surface area contributed by atoms with E-state index in [1.54, 1.807) is 23.1 Å². The summed E-state index contributed by atoms with van der Waals surface area (Å²) in [6, 6.07) is 6.50. The van der Waals surface area contributed by atoms with E-state index in [4.69, 9.17) is 26.2 Å². The molecule has 2 saturated heterocycles. The van der Waals surface area contributed by atoms with E-state index in [0.717, 1.165) is 63.1 Å². The van der Waals surface area contributed by atoms with E-state index in [1.807, 2.05) is 36.9 Å². The number of tetrazole rings is 1. The number of halogens is 1. The normalized spacial score (nSPS) is 19.2. The van der Waals surface area contributed by atoms with Crippen LogP contribution < -0.4 is 10.1 Å². The summed E-state index contributed by atoms with van der Waals surface area (Å²) in [6.07, 6.45) is 11.5. The quantitative estimate of drug-likeness (QED) is 0.232. The summed E-state index contributed by atoms with van der Waals surface area (Å²) in [5.74, 6) is 0.919. The van der Waals surface area contributed by atoms with Crippen LogP contribution in [0.25, 0.3) is 11.1 Å². The van der Waals surface area contributed by atoms with Gasteiger partial charge < -0.3 is 14.8 Å². The summed E-state index contributed by atoms with van der Waals surface area (Å²) in [7, 11) is 0. The third kappa shape index (κ3) is 6.29. The number of hydrogen-bond donors (Lipinski definition) is 1. The number of nitrogens with zero attached hydrogens (tertiary/aromatic N) is 9. The standard InChI is InChI=1S/C31H37ClN10O3/c1-3-27(43)29-26(16-42(37-29)24-11-31(12-24)17-40(18-31)23-6-8-44-9-7-23)36-30-33-13-22(14-34-30)21-4-5-25(32)28(10-21)45-20(2)15-41-19-35-38-39-41/h4-5,10,13-14,16,19-20,23-24H,3,6-9,11-12,15,17-18H2,1-2H3,(H,33,34,36)/t20-/m0/s1. The van der Waals surface area contributed by atoms with E-state index in [1.165, 1.54) is 6.33 Å². The van der Waals surface area contributed by atoms with E-state index < -0.39 is 0 Å². The molecule has 5 heterocycles. The Morgan fingerprint density at radius 3 is 2.64 bits per heavy atom. The highest BCUT2D eigenvalue weighted by Gasteiger charge is 2.54. The van der Waals surface area contributed by atoms with Gasteiger partial charge >= 0.3 is 0 Å². The molecule has 1 aliphatic carbocycles. The summed E-state index contributed by atoms with van der Waals surface area (Å²) >= 11 is 6.43. The van der Waals surface area contributed by atoms with E-state index in [9.17, 15) is 4.79 Å². The second-order valence-corrected chi connectivity index (χ2v) is 12.9. The van der Waals surface area contributed by atoms with Crippen molar-refractivity contribution in [2.24, 2.45) is 5.41 Å². The van der Waals surface area contributed by atoms with Gasteiger partial charge in [-0.05, 0) is 66.1 Å². The van der Waals surface area contributed by atoms with Gasteiger partial charge in [-0.1, -0.05) is 24.6 Å². The molecular weight excluding hydrogens is 596 g/mol. The van der Waals surface area contributed by atoms with E-state index >= 15 is 0 Å². The lowest BCUT2D eigenvalue weighted by Crippen LogP contribution is -2.65. The van der Waals surface area contributed by atoms with Crippen LogP contribution in [0.1, 0.15) is 62.5 Å². The van der Waals surface area contributed by atoms with E-state index in [2.05, 4.69) is 35.7 Å². The Bertz CT molecular complexity index is 1620. The van der Waals surface area contributed by atoms with Gasteiger partial charge in [-0.3, -0.25) is 14.4 Å². The van der Waals surface area contributed by atoms with Crippen LogP contribution >= 0.6 is 11.6 Å². The number of benzene rings is 1. The van der Waals surface area contributed by atoms with Crippen molar-refractivity contribution in [1.82, 2.24) is 44.9 Å². The molecular formula is C31H37ClN10O3. The molecule has 45 heavy (non-hydrogen) atoms. The number of likely N-dealkylation sites (tertiary alicyclic amines) is 1. The number of carbonyl (C=O) groups excluding carboxylic acids is 1. The summed E-state index contributed by atoms with van der Waals surface area (Å²) in [5, 5.41) is 19.7. The third-order valence-electron chi connectivity index (χ3n) is 9.14. The van der Waals surface area contributed by atoms with Gasteiger partial charge in [0.1, 0.15) is 18.2 Å². The van der Waals surface area contributed by atoms with E-state index in [-0.39, 0.29) is 11.9 Å². The first-order chi connectivity index (χ1) is 21.9. The lowest BCUT2D eigenvalue weighted by atomic mass is 9.60. The first kappa shape index (κ1) is 29.8. The van der Waals surface area contributed by atoms with Crippen molar-refractivity contribution < 1.29 is 14.3 Å². The van der Waals surface area contributed by atoms with Crippen molar-refractivity contribution in [3.63, 3.8) is 0 Å². The zero-order chi connectivity index (χ0) is 31.0. The minimum Gasteiger partial charge on any atom is -0.487 e. The highest BCUT2D eigenvalue weighted by Crippen LogP contribution is 2.55. The predicted molar refractivity (Wildman–Crippen MR) is 167 cm³/mol. The Kier molecular flexibility index (Phi) is 8.23. The highest BCUT2D eigenvalue weighted by molar-refractivity contribution is 6.32. The van der Waals surface area contributed by atoms with Crippen molar-refractivity contribution in [3.05, 3.63) is 53.8 Å². The minimum atomic E-state index is -0.212. The second kappa shape index (κ2) is 12.5. The molecule has 1 N–H and O–H groups in total. The largest absolute Gasteiger partial charge is 0.487 e. The smallest absolute Gasteiger partial charge is 0.227 e. The number of nitrogens with one attached hydrogen (secondary N) is 1. The second-order valence-electron chi connectivity index (χ2n) is 12.5. The first-order valence-electron chi connectivity index (χ1n) is 15.6. The van der Waals surface area contributed by atoms with Gasteiger partial charge in [0, 0.05) is 62.9 Å². The molecule has 3 aliphatic rings. The van der Waals surface area contributed by atoms with Gasteiger partial charge in [0.15, 0.2) is 11.5 Å². The summed E-state index contributed by atoms with van der Waals surface area (Å²) < 4.78 is 15.2. The Balaban J connectivity index is 1.00. The van der Waals surface area contributed by atoms with Crippen molar-refractivity contribution in [2.45, 2.75) is 70.7 Å². The number of carbonyl (C=O) groups is 1. The summed E-state index contributed by atoms with van der Waals surface area (Å²) in [4.78, 5) is 24.5. The minimum absolute atomic E-state index is 0.0146. The van der Waals surface area contributed by atoms with Crippen LogP contribution in [0.3, 0.4) is 0 Å². The maximum absolute atomic E-state index is 12.8. The monoisotopic (exact) mass is 632 g/mol. The molecule has 0 amide bonds. The lowest BCUT2D eigenvalue weighted by molar-refractivity contribution is -0.124. The zero-order valence-corrected chi connectivity index (χ0v) is 26.2. The number of anilines is 2. The van der Waals surface area contributed by atoms with Crippen molar-refractivity contribution >= 4 is 29.0 Å². The van der Waals surface area contributed by atoms with Gasteiger partial charge in [-0.25, -0.2) is 14.6 Å². The number of ether oxygens (including phenoxy) is 2. The molecule has 1 atom stereocenters. The highest BCUT2D eigenvalue weighted by atomic mass is 35.5. The molecule has 7 rings (SSSR count). The molecule has 13 nitrogen and oxygen atoms in total. The van der Waals surface area contributed by atoms with E-state index in [0.29, 0.717) is 58.6 Å². The Hall–Kier alpha value is -3.94. The topological polar surface area (TPSA) is 138 Å². The molecule has 3 aromatic heterocycles. The molecule has 0 bridgehead atoms. The number of rotatable bonds is 11. The van der Waals surface area contributed by atoms with Crippen LogP contribution in [-0.2, 0) is 11.3 Å². The number of aromatic nitrogens is 8. The fourth-order valence-corrected chi connectivity index (χ4v) is 6.93. The average Bonchev–Trinajstić information content (AvgIpc) is 3.68. The van der Waals surface area contributed by atoms with Gasteiger partial charge in [0.05, 0.1) is 23.3 Å². The average molecular weight is 633 g/mol. The fraction of sp³-hybridized carbons (Fsp3) is 0.516. The molecule has 2 aliphatic heterocycles. The first-order valence-corrected chi connectivity index (χ1v) is 16.0. The summed E-state index contributed by atoms with van der Waals surface area (Å²) in [6.45, 7) is 8.32. The Morgan fingerprint density at radius 2 is 1.93 bits per heavy atom. The Morgan fingerprint density at radius 1 is 1.16 bits per heavy atom. The van der Waals surface area contributed by atoms with Gasteiger partial charge in [-0.15, -0.1) is 5.10 Å². The molecule has 3 fully saturated rings. The lowest BCUT2D eigenvalue weighted by Gasteiger charge is -2.61. The van der Waals surface area contributed by atoms with Gasteiger partial charge in [0.25, 0.3) is 0 Å². The number of Topliss-reactive ketones (excluding diaryl/α,β-unsaturated/α-hetero) is 1. The molecule has 1 saturated carbocycles. The van der Waals surface area contributed by atoms with Crippen molar-refractivity contribution in [2.75, 3.05) is 31.6 Å². The van der Waals surface area contributed by atoms with Crippen LogP contribution in [0.4, 0.5) is 11.6 Å². The maximum Gasteiger partial charge on any atom is 0.227 e. The molecule has 14 heteroatoms. The Labute approximate surface area is 266 Å². The van der Waals surface area contributed by atoms with Crippen LogP contribution in [0.2, 0.25) is 5.02 Å². The molecule has 236 valence electrons. The molecule has 0 radical (unpaired) electrons. The molecule has 1 spiro atoms. The van der Waals surface area contributed by atoms with Crippen molar-refractivity contribution in [1.29, 1.82) is 0 Å². The number of hydrogen-bond acceptors (Lipinski definition) is 11.